The fourth-order valence-corrected chi connectivity index (χ4v) is 6.28. The number of aliphatic hydroxyl groups is 1. The summed E-state index contributed by atoms with van der Waals surface area (Å²) in [5, 5.41) is 17.8. The van der Waals surface area contributed by atoms with E-state index >= 15 is 0 Å². The third-order valence-electron chi connectivity index (χ3n) is 5.94. The monoisotopic (exact) mass is 655 g/mol. The number of nitrogens with zero attached hydrogens (tertiary/aromatic N) is 2. The number of carbonyl (C=O) groups is 2. The summed E-state index contributed by atoms with van der Waals surface area (Å²) < 4.78 is 7.95. The predicted molar refractivity (Wildman–Crippen MR) is 166 cm³/mol. The van der Waals surface area contributed by atoms with Gasteiger partial charge in [-0.3, -0.25) is 4.79 Å². The average Bonchev–Trinajstić information content (AvgIpc) is 3.63. The van der Waals surface area contributed by atoms with Crippen molar-refractivity contribution >= 4 is 90.2 Å². The molecule has 5 rings (SSSR count). The molecule has 0 bridgehead atoms. The van der Waals surface area contributed by atoms with E-state index in [0.717, 1.165) is 25.8 Å². The molecular weight excluding hydrogens is 634 g/mol. The summed E-state index contributed by atoms with van der Waals surface area (Å²) in [6.45, 7) is 2.45. The molecule has 0 saturated carbocycles. The van der Waals surface area contributed by atoms with Crippen LogP contribution in [0.1, 0.15) is 17.4 Å². The third kappa shape index (κ3) is 6.36. The van der Waals surface area contributed by atoms with Crippen LogP contribution >= 0.6 is 50.6 Å². The lowest BCUT2D eigenvalue weighted by molar-refractivity contribution is -0.138. The van der Waals surface area contributed by atoms with Gasteiger partial charge in [0.2, 0.25) is 5.91 Å². The smallest absolute Gasteiger partial charge is 0.344 e. The highest BCUT2D eigenvalue weighted by Crippen LogP contribution is 2.41. The van der Waals surface area contributed by atoms with Crippen molar-refractivity contribution in [2.75, 3.05) is 6.61 Å². The minimum Gasteiger partial charge on any atom is -0.506 e. The van der Waals surface area contributed by atoms with Crippen molar-refractivity contribution in [3.63, 3.8) is 0 Å². The Morgan fingerprint density at radius 2 is 2.00 bits per heavy atom. The van der Waals surface area contributed by atoms with Gasteiger partial charge in [0, 0.05) is 37.0 Å². The second kappa shape index (κ2) is 12.5. The van der Waals surface area contributed by atoms with Gasteiger partial charge in [0.1, 0.15) is 22.9 Å². The maximum atomic E-state index is 12.8. The number of aliphatic imine (C=N–C) groups is 1. The number of aliphatic hydroxyl groups excluding tert-OH is 1. The Morgan fingerprint density at radius 3 is 2.73 bits per heavy atom. The SMILES string of the molecule is CCOC(=O)C1=C(O)/C(=C/c2cn(CC(=O)NCc3cccs3)c3ccc(Br)cc23)SC1=Nc1ccc(Cl)cc1. The summed E-state index contributed by atoms with van der Waals surface area (Å²) in [6, 6.07) is 16.6. The Bertz CT molecular complexity index is 1680. The van der Waals surface area contributed by atoms with E-state index in [1.807, 2.05) is 46.5 Å². The van der Waals surface area contributed by atoms with E-state index in [1.165, 1.54) is 11.8 Å². The lowest BCUT2D eigenvalue weighted by Gasteiger charge is -2.06. The number of aromatic nitrogens is 1. The van der Waals surface area contributed by atoms with Gasteiger partial charge in [0.25, 0.3) is 0 Å². The number of hydrogen-bond acceptors (Lipinski definition) is 7. The Hall–Kier alpha value is -3.31. The van der Waals surface area contributed by atoms with Gasteiger partial charge in [-0.2, -0.15) is 0 Å². The van der Waals surface area contributed by atoms with Crippen LogP contribution in [0.5, 0.6) is 0 Å². The summed E-state index contributed by atoms with van der Waals surface area (Å²) in [7, 11) is 0. The van der Waals surface area contributed by atoms with Crippen molar-refractivity contribution in [1.29, 1.82) is 0 Å². The molecule has 4 aromatic rings. The zero-order valence-electron chi connectivity index (χ0n) is 21.2. The predicted octanol–water partition coefficient (Wildman–Crippen LogP) is 7.63. The molecule has 0 aliphatic carbocycles. The zero-order valence-corrected chi connectivity index (χ0v) is 25.2. The second-order valence-electron chi connectivity index (χ2n) is 8.68. The van der Waals surface area contributed by atoms with Gasteiger partial charge >= 0.3 is 5.97 Å². The summed E-state index contributed by atoms with van der Waals surface area (Å²) in [5.74, 6) is -0.982. The lowest BCUT2D eigenvalue weighted by Crippen LogP contribution is -2.26. The van der Waals surface area contributed by atoms with E-state index in [-0.39, 0.29) is 30.4 Å². The standard InChI is InChI=1S/C29H23BrClN3O4S2/c1-2-38-29(37)26-27(36)24(40-28(26)33-20-8-6-19(31)7-9-20)12-17-15-34(23-10-5-18(30)13-22(17)23)16-25(35)32-14-21-4-3-11-39-21/h3-13,15,36H,2,14,16H2,1H3,(H,32,35)/b24-12-,33-28?. The molecule has 0 atom stereocenters. The molecule has 11 heteroatoms. The minimum atomic E-state index is -0.656. The van der Waals surface area contributed by atoms with Gasteiger partial charge < -0.3 is 19.7 Å². The number of thiophene rings is 1. The van der Waals surface area contributed by atoms with Crippen LogP contribution in [0.3, 0.4) is 0 Å². The molecular formula is C29H23BrClN3O4S2. The summed E-state index contributed by atoms with van der Waals surface area (Å²) >= 11 is 12.3. The van der Waals surface area contributed by atoms with Crippen molar-refractivity contribution in [3.8, 4) is 0 Å². The highest BCUT2D eigenvalue weighted by molar-refractivity contribution is 9.10. The zero-order chi connectivity index (χ0) is 28.2. The molecule has 7 nitrogen and oxygen atoms in total. The highest BCUT2D eigenvalue weighted by atomic mass is 79.9. The summed E-state index contributed by atoms with van der Waals surface area (Å²) in [5.41, 5.74) is 2.21. The molecule has 0 spiro atoms. The van der Waals surface area contributed by atoms with Crippen LogP contribution in [0.2, 0.25) is 5.02 Å². The van der Waals surface area contributed by atoms with Crippen LogP contribution in [0.15, 0.2) is 91.9 Å². The van der Waals surface area contributed by atoms with Gasteiger partial charge in [0.05, 0.1) is 23.7 Å². The molecule has 0 unspecified atom stereocenters. The number of thioether (sulfide) groups is 1. The number of benzene rings is 2. The van der Waals surface area contributed by atoms with Crippen LogP contribution in [-0.4, -0.2) is 33.2 Å². The fourth-order valence-electron chi connectivity index (χ4n) is 4.12. The first-order chi connectivity index (χ1) is 19.3. The Balaban J connectivity index is 1.50. The van der Waals surface area contributed by atoms with Crippen molar-refractivity contribution in [3.05, 3.63) is 102 Å². The van der Waals surface area contributed by atoms with Gasteiger partial charge in [-0.15, -0.1) is 11.3 Å². The van der Waals surface area contributed by atoms with Crippen LogP contribution in [0.4, 0.5) is 5.69 Å². The van der Waals surface area contributed by atoms with Crippen LogP contribution in [-0.2, 0) is 27.4 Å². The van der Waals surface area contributed by atoms with Crippen molar-refractivity contribution < 1.29 is 19.4 Å². The maximum Gasteiger partial charge on any atom is 0.344 e. The largest absolute Gasteiger partial charge is 0.506 e. The molecule has 2 aromatic heterocycles. The van der Waals surface area contributed by atoms with Gasteiger partial charge in [-0.1, -0.05) is 45.4 Å². The topological polar surface area (TPSA) is 92.9 Å². The molecule has 1 amide bonds. The molecule has 2 N–H and O–H groups in total. The molecule has 3 heterocycles. The average molecular weight is 657 g/mol. The number of carbonyl (C=O) groups excluding carboxylic acids is 2. The van der Waals surface area contributed by atoms with Crippen LogP contribution in [0, 0.1) is 0 Å². The van der Waals surface area contributed by atoms with Crippen LogP contribution < -0.4 is 5.32 Å². The van der Waals surface area contributed by atoms with Crippen molar-refractivity contribution in [2.45, 2.75) is 20.0 Å². The third-order valence-corrected chi connectivity index (χ3v) is 8.58. The normalized spacial score (nSPS) is 15.4. The van der Waals surface area contributed by atoms with Crippen LogP contribution in [0.25, 0.3) is 17.0 Å². The van der Waals surface area contributed by atoms with E-state index in [1.54, 1.807) is 48.6 Å². The highest BCUT2D eigenvalue weighted by Gasteiger charge is 2.33. The van der Waals surface area contributed by atoms with Crippen molar-refractivity contribution in [2.24, 2.45) is 4.99 Å². The number of rotatable bonds is 8. The van der Waals surface area contributed by atoms with E-state index in [0.29, 0.717) is 27.2 Å². The number of amides is 1. The van der Waals surface area contributed by atoms with Gasteiger partial charge in [0.15, 0.2) is 0 Å². The molecule has 2 aromatic carbocycles. The number of nitrogens with one attached hydrogen (secondary N) is 1. The van der Waals surface area contributed by atoms with E-state index in [2.05, 4.69) is 26.2 Å². The Kier molecular flexibility index (Phi) is 8.80. The molecule has 204 valence electrons. The molecule has 0 saturated heterocycles. The van der Waals surface area contributed by atoms with E-state index < -0.39 is 5.97 Å². The molecule has 1 aliphatic rings. The fraction of sp³-hybridized carbons (Fsp3) is 0.138. The number of esters is 1. The maximum absolute atomic E-state index is 12.8. The molecule has 40 heavy (non-hydrogen) atoms. The summed E-state index contributed by atoms with van der Waals surface area (Å²) in [4.78, 5) is 31.7. The quantitative estimate of drug-likeness (QED) is 0.190. The lowest BCUT2D eigenvalue weighted by atomic mass is 10.1. The molecule has 0 radical (unpaired) electrons. The number of halogens is 2. The first-order valence-corrected chi connectivity index (χ1v) is 15.1. The number of ether oxygens (including phenoxy) is 1. The van der Waals surface area contributed by atoms with Gasteiger partial charge in [-0.25, -0.2) is 9.79 Å². The van der Waals surface area contributed by atoms with E-state index in [9.17, 15) is 14.7 Å². The molecule has 1 aliphatic heterocycles. The first-order valence-electron chi connectivity index (χ1n) is 12.2. The minimum absolute atomic E-state index is 0.00548. The first kappa shape index (κ1) is 28.2. The number of fused-ring (bicyclic) bond motifs is 1. The van der Waals surface area contributed by atoms with Crippen molar-refractivity contribution in [1.82, 2.24) is 9.88 Å². The summed E-state index contributed by atoms with van der Waals surface area (Å²) in [6.07, 6.45) is 3.65. The second-order valence-corrected chi connectivity index (χ2v) is 12.1. The Morgan fingerprint density at radius 1 is 1.20 bits per heavy atom. The molecule has 0 fully saturated rings. The van der Waals surface area contributed by atoms with E-state index in [4.69, 9.17) is 16.3 Å². The number of hydrogen-bond donors (Lipinski definition) is 2. The Labute approximate surface area is 252 Å². The van der Waals surface area contributed by atoms with Gasteiger partial charge in [-0.05, 0) is 66.9 Å².